The van der Waals surface area contributed by atoms with E-state index in [2.05, 4.69) is 12.1 Å². The van der Waals surface area contributed by atoms with Gasteiger partial charge in [0.25, 0.3) is 0 Å². The van der Waals surface area contributed by atoms with Gasteiger partial charge in [-0.05, 0) is 30.5 Å². The topological polar surface area (TPSA) is 38.5 Å². The van der Waals surface area contributed by atoms with E-state index >= 15 is 0 Å². The summed E-state index contributed by atoms with van der Waals surface area (Å²) in [6, 6.07) is 8.58. The van der Waals surface area contributed by atoms with E-state index in [4.69, 9.17) is 10.6 Å². The monoisotopic (exact) mass is 220 g/mol. The Kier molecular flexibility index (Phi) is 3.80. The zero-order valence-corrected chi connectivity index (χ0v) is 9.86. The second-order valence-corrected chi connectivity index (χ2v) is 4.38. The summed E-state index contributed by atoms with van der Waals surface area (Å²) in [6.07, 6.45) is 4.89. The average Bonchev–Trinajstić information content (AvgIpc) is 2.54. The van der Waals surface area contributed by atoms with E-state index in [9.17, 15) is 0 Å². The number of rotatable bonds is 2. The van der Waals surface area contributed by atoms with Gasteiger partial charge in [-0.3, -0.25) is 5.84 Å². The maximum atomic E-state index is 6.10. The second-order valence-electron chi connectivity index (χ2n) is 4.38. The average molecular weight is 220 g/mol. The highest BCUT2D eigenvalue weighted by Crippen LogP contribution is 2.29. The number of benzene rings is 1. The van der Waals surface area contributed by atoms with Crippen molar-refractivity contribution in [1.82, 2.24) is 5.01 Å². The van der Waals surface area contributed by atoms with Crippen molar-refractivity contribution in [2.75, 3.05) is 13.7 Å². The minimum atomic E-state index is 0.345. The maximum absolute atomic E-state index is 6.10. The van der Waals surface area contributed by atoms with Gasteiger partial charge in [-0.1, -0.05) is 25.0 Å². The number of hydrogen-bond acceptors (Lipinski definition) is 3. The Morgan fingerprint density at radius 2 is 2.19 bits per heavy atom. The second kappa shape index (κ2) is 5.32. The van der Waals surface area contributed by atoms with Gasteiger partial charge in [0.15, 0.2) is 0 Å². The molecular weight excluding hydrogens is 200 g/mol. The van der Waals surface area contributed by atoms with Crippen LogP contribution >= 0.6 is 0 Å². The number of nitrogens with two attached hydrogens (primary N) is 1. The molecule has 1 aromatic rings. The summed E-state index contributed by atoms with van der Waals surface area (Å²) < 4.78 is 5.25. The molecule has 3 nitrogen and oxygen atoms in total. The lowest BCUT2D eigenvalue weighted by Crippen LogP contribution is -2.34. The zero-order chi connectivity index (χ0) is 11.4. The summed E-state index contributed by atoms with van der Waals surface area (Å²) >= 11 is 0. The molecule has 0 radical (unpaired) electrons. The fourth-order valence-corrected chi connectivity index (χ4v) is 2.34. The Labute approximate surface area is 97.2 Å². The number of hydrazine groups is 1. The minimum absolute atomic E-state index is 0.345. The van der Waals surface area contributed by atoms with Crippen LogP contribution in [0.5, 0.6) is 5.75 Å². The van der Waals surface area contributed by atoms with E-state index in [0.29, 0.717) is 6.04 Å². The SMILES string of the molecule is COc1cccc(C2CCCCCN2N)c1. The molecule has 1 unspecified atom stereocenters. The molecule has 0 aromatic heterocycles. The lowest BCUT2D eigenvalue weighted by molar-refractivity contribution is 0.206. The number of methoxy groups -OCH3 is 1. The van der Waals surface area contributed by atoms with Crippen molar-refractivity contribution in [1.29, 1.82) is 0 Å². The molecule has 1 fully saturated rings. The Hall–Kier alpha value is -1.06. The van der Waals surface area contributed by atoms with Crippen molar-refractivity contribution in [3.05, 3.63) is 29.8 Å². The highest BCUT2D eigenvalue weighted by molar-refractivity contribution is 5.30. The van der Waals surface area contributed by atoms with E-state index < -0.39 is 0 Å². The summed E-state index contributed by atoms with van der Waals surface area (Å²) in [4.78, 5) is 0. The first kappa shape index (κ1) is 11.4. The van der Waals surface area contributed by atoms with Crippen molar-refractivity contribution in [2.24, 2.45) is 5.84 Å². The Morgan fingerprint density at radius 1 is 1.31 bits per heavy atom. The largest absolute Gasteiger partial charge is 0.497 e. The van der Waals surface area contributed by atoms with Gasteiger partial charge in [-0.2, -0.15) is 0 Å². The third kappa shape index (κ3) is 2.54. The third-order valence-corrected chi connectivity index (χ3v) is 3.27. The van der Waals surface area contributed by atoms with E-state index in [1.54, 1.807) is 7.11 Å². The molecule has 0 bridgehead atoms. The van der Waals surface area contributed by atoms with E-state index in [-0.39, 0.29) is 0 Å². The molecule has 2 rings (SSSR count). The molecule has 16 heavy (non-hydrogen) atoms. The van der Waals surface area contributed by atoms with Crippen molar-refractivity contribution < 1.29 is 4.74 Å². The lowest BCUT2D eigenvalue weighted by atomic mass is 10.0. The van der Waals surface area contributed by atoms with Crippen molar-refractivity contribution in [3.63, 3.8) is 0 Å². The molecular formula is C13H20N2O. The predicted octanol–water partition coefficient (Wildman–Crippen LogP) is 2.49. The van der Waals surface area contributed by atoms with Crippen LogP contribution < -0.4 is 10.6 Å². The molecule has 1 aromatic carbocycles. The molecule has 0 amide bonds. The Morgan fingerprint density at radius 3 is 3.00 bits per heavy atom. The molecule has 1 aliphatic rings. The van der Waals surface area contributed by atoms with Crippen LogP contribution in [0.2, 0.25) is 0 Å². The molecule has 0 saturated carbocycles. The lowest BCUT2D eigenvalue weighted by Gasteiger charge is -2.25. The molecule has 0 aliphatic carbocycles. The van der Waals surface area contributed by atoms with Crippen molar-refractivity contribution >= 4 is 0 Å². The molecule has 88 valence electrons. The normalized spacial score (nSPS) is 22.8. The zero-order valence-electron chi connectivity index (χ0n) is 9.86. The number of hydrogen-bond donors (Lipinski definition) is 1. The van der Waals surface area contributed by atoms with E-state index in [1.807, 2.05) is 17.1 Å². The van der Waals surface area contributed by atoms with Crippen LogP contribution in [0.4, 0.5) is 0 Å². The molecule has 1 heterocycles. The number of nitrogens with zero attached hydrogens (tertiary/aromatic N) is 1. The van der Waals surface area contributed by atoms with Gasteiger partial charge in [0.05, 0.1) is 7.11 Å². The predicted molar refractivity (Wildman–Crippen MR) is 65.1 cm³/mol. The van der Waals surface area contributed by atoms with Crippen LogP contribution in [0, 0.1) is 0 Å². The standard InChI is InChI=1S/C13H20N2O/c1-16-12-7-5-6-11(10-12)13-8-3-2-4-9-15(13)14/h5-7,10,13H,2-4,8-9,14H2,1H3. The summed E-state index contributed by atoms with van der Waals surface area (Å²) in [6.45, 7) is 0.988. The van der Waals surface area contributed by atoms with Crippen LogP contribution in [-0.4, -0.2) is 18.7 Å². The van der Waals surface area contributed by atoms with Crippen LogP contribution in [-0.2, 0) is 0 Å². The van der Waals surface area contributed by atoms with Crippen molar-refractivity contribution in [3.8, 4) is 5.75 Å². The Bertz CT molecular complexity index is 340. The van der Waals surface area contributed by atoms with E-state index in [0.717, 1.165) is 18.7 Å². The highest BCUT2D eigenvalue weighted by atomic mass is 16.5. The third-order valence-electron chi connectivity index (χ3n) is 3.27. The smallest absolute Gasteiger partial charge is 0.119 e. The molecule has 2 N–H and O–H groups in total. The van der Waals surface area contributed by atoms with Gasteiger partial charge in [0, 0.05) is 12.6 Å². The van der Waals surface area contributed by atoms with Gasteiger partial charge >= 0.3 is 0 Å². The minimum Gasteiger partial charge on any atom is -0.497 e. The summed E-state index contributed by atoms with van der Waals surface area (Å²) in [5.41, 5.74) is 1.27. The molecule has 1 aliphatic heterocycles. The Balaban J connectivity index is 2.19. The van der Waals surface area contributed by atoms with Gasteiger partial charge in [0.1, 0.15) is 5.75 Å². The highest BCUT2D eigenvalue weighted by Gasteiger charge is 2.20. The van der Waals surface area contributed by atoms with Crippen LogP contribution in [0.15, 0.2) is 24.3 Å². The van der Waals surface area contributed by atoms with E-state index in [1.165, 1.54) is 24.8 Å². The first-order chi connectivity index (χ1) is 7.81. The first-order valence-corrected chi connectivity index (χ1v) is 5.96. The summed E-state index contributed by atoms with van der Waals surface area (Å²) in [7, 11) is 1.70. The fraction of sp³-hybridized carbons (Fsp3) is 0.538. The van der Waals surface area contributed by atoms with Gasteiger partial charge in [-0.25, -0.2) is 5.01 Å². The molecule has 1 saturated heterocycles. The van der Waals surface area contributed by atoms with Crippen LogP contribution in [0.3, 0.4) is 0 Å². The molecule has 1 atom stereocenters. The summed E-state index contributed by atoms with van der Waals surface area (Å²) in [5, 5.41) is 1.97. The van der Waals surface area contributed by atoms with Crippen LogP contribution in [0.25, 0.3) is 0 Å². The molecule has 3 heteroatoms. The molecule has 0 spiro atoms. The van der Waals surface area contributed by atoms with Gasteiger partial charge < -0.3 is 4.74 Å². The van der Waals surface area contributed by atoms with Gasteiger partial charge in [-0.15, -0.1) is 0 Å². The number of ether oxygens (including phenoxy) is 1. The first-order valence-electron chi connectivity index (χ1n) is 5.96. The maximum Gasteiger partial charge on any atom is 0.119 e. The van der Waals surface area contributed by atoms with Gasteiger partial charge in [0.2, 0.25) is 0 Å². The fourth-order valence-electron chi connectivity index (χ4n) is 2.34. The quantitative estimate of drug-likeness (QED) is 0.778. The summed E-state index contributed by atoms with van der Waals surface area (Å²) in [5.74, 6) is 7.01. The van der Waals surface area contributed by atoms with Crippen LogP contribution in [0.1, 0.15) is 37.3 Å². The van der Waals surface area contributed by atoms with Crippen molar-refractivity contribution in [2.45, 2.75) is 31.7 Å².